The molecule has 9 heteroatoms. The first-order valence-corrected chi connectivity index (χ1v) is 12.8. The van der Waals surface area contributed by atoms with E-state index in [1.54, 1.807) is 18.2 Å². The van der Waals surface area contributed by atoms with E-state index in [0.29, 0.717) is 42.1 Å². The molecule has 0 atom stereocenters. The van der Waals surface area contributed by atoms with Crippen molar-refractivity contribution in [1.82, 2.24) is 5.01 Å². The van der Waals surface area contributed by atoms with E-state index < -0.39 is 5.91 Å². The Morgan fingerprint density at radius 2 is 1.81 bits per heavy atom. The van der Waals surface area contributed by atoms with E-state index in [0.717, 1.165) is 23.6 Å². The van der Waals surface area contributed by atoms with Gasteiger partial charge in [-0.25, -0.2) is 0 Å². The van der Waals surface area contributed by atoms with Crippen molar-refractivity contribution in [1.29, 1.82) is 5.41 Å². The number of hydrogen-bond acceptors (Lipinski definition) is 7. The van der Waals surface area contributed by atoms with Crippen molar-refractivity contribution in [2.75, 3.05) is 19.8 Å². The number of aliphatic imine (C=N–C) groups is 1. The fraction of sp³-hybridized carbons (Fsp3) is 0.333. The van der Waals surface area contributed by atoms with Crippen molar-refractivity contribution < 1.29 is 19.0 Å². The molecule has 2 aliphatic heterocycles. The van der Waals surface area contributed by atoms with Crippen LogP contribution in [0.2, 0.25) is 0 Å². The van der Waals surface area contributed by atoms with Gasteiger partial charge in [-0.3, -0.25) is 10.2 Å². The van der Waals surface area contributed by atoms with E-state index in [1.165, 1.54) is 27.9 Å². The number of amides is 1. The van der Waals surface area contributed by atoms with Crippen molar-refractivity contribution in [3.05, 3.63) is 58.7 Å². The number of aryl methyl sites for hydroxylation is 2. The summed E-state index contributed by atoms with van der Waals surface area (Å²) in [5.41, 5.74) is 3.29. The Morgan fingerprint density at radius 3 is 2.56 bits per heavy atom. The highest BCUT2D eigenvalue weighted by atomic mass is 32.2. The zero-order valence-corrected chi connectivity index (χ0v) is 21.8. The number of rotatable bonds is 10. The molecule has 0 aliphatic carbocycles. The summed E-state index contributed by atoms with van der Waals surface area (Å²) in [6, 6.07) is 11.4. The fourth-order valence-corrected chi connectivity index (χ4v) is 4.62. The normalized spacial score (nSPS) is 16.1. The summed E-state index contributed by atoms with van der Waals surface area (Å²) in [7, 11) is 0. The van der Waals surface area contributed by atoms with Gasteiger partial charge in [0.05, 0.1) is 12.2 Å². The molecule has 36 heavy (non-hydrogen) atoms. The van der Waals surface area contributed by atoms with E-state index in [9.17, 15) is 4.79 Å². The predicted molar refractivity (Wildman–Crippen MR) is 144 cm³/mol. The molecule has 1 amide bonds. The first-order chi connectivity index (χ1) is 17.4. The summed E-state index contributed by atoms with van der Waals surface area (Å²) in [6.45, 7) is 9.27. The number of hydrogen-bond donors (Lipinski definition) is 1. The first kappa shape index (κ1) is 25.5. The summed E-state index contributed by atoms with van der Waals surface area (Å²) in [5.74, 6) is 1.51. The van der Waals surface area contributed by atoms with Crippen molar-refractivity contribution in [3.8, 4) is 17.2 Å². The lowest BCUT2D eigenvalue weighted by Gasteiger charge is -2.20. The van der Waals surface area contributed by atoms with Gasteiger partial charge in [0.1, 0.15) is 24.0 Å². The summed E-state index contributed by atoms with van der Waals surface area (Å²) in [6.07, 6.45) is 3.36. The molecule has 0 saturated heterocycles. The highest BCUT2D eigenvalue weighted by Crippen LogP contribution is 2.32. The molecule has 0 aromatic heterocycles. The Bertz CT molecular complexity index is 1270. The van der Waals surface area contributed by atoms with Crippen LogP contribution in [0.1, 0.15) is 43.4 Å². The molecule has 2 aromatic carbocycles. The third-order valence-corrected chi connectivity index (χ3v) is 6.60. The van der Waals surface area contributed by atoms with Crippen LogP contribution < -0.4 is 14.2 Å². The van der Waals surface area contributed by atoms with Crippen LogP contribution in [0, 0.1) is 19.3 Å². The Labute approximate surface area is 215 Å². The smallest absolute Gasteiger partial charge is 0.283 e. The Morgan fingerprint density at radius 1 is 1.00 bits per heavy atom. The minimum Gasteiger partial charge on any atom is -0.490 e. The van der Waals surface area contributed by atoms with Crippen LogP contribution in [0.25, 0.3) is 6.08 Å². The molecule has 4 rings (SSSR count). The molecule has 0 spiro atoms. The average molecular weight is 507 g/mol. The Balaban J connectivity index is 1.45. The largest absolute Gasteiger partial charge is 0.490 e. The minimum absolute atomic E-state index is 0.0189. The van der Waals surface area contributed by atoms with Gasteiger partial charge in [0.25, 0.3) is 5.91 Å². The van der Waals surface area contributed by atoms with Gasteiger partial charge in [-0.15, -0.1) is 0 Å². The summed E-state index contributed by atoms with van der Waals surface area (Å²) in [4.78, 5) is 16.8. The Hall–Kier alpha value is -3.59. The number of carbonyl (C=O) groups is 1. The molecule has 8 nitrogen and oxygen atoms in total. The lowest BCUT2D eigenvalue weighted by molar-refractivity contribution is -0.114. The van der Waals surface area contributed by atoms with Crippen LogP contribution in [-0.2, 0) is 4.79 Å². The number of nitrogens with zero attached hydrogens (tertiary/aromatic N) is 3. The monoisotopic (exact) mass is 506 g/mol. The van der Waals surface area contributed by atoms with Crippen LogP contribution in [0.4, 0.5) is 0 Å². The topological polar surface area (TPSA) is 96.6 Å². The maximum absolute atomic E-state index is 12.7. The van der Waals surface area contributed by atoms with Gasteiger partial charge in [0.15, 0.2) is 17.3 Å². The van der Waals surface area contributed by atoms with E-state index in [1.807, 2.05) is 31.2 Å². The molecule has 0 radical (unpaired) electrons. The lowest BCUT2D eigenvalue weighted by atomic mass is 10.1. The molecule has 2 aliphatic rings. The van der Waals surface area contributed by atoms with Crippen molar-refractivity contribution in [3.63, 3.8) is 0 Å². The molecule has 0 fully saturated rings. The zero-order valence-electron chi connectivity index (χ0n) is 21.0. The van der Waals surface area contributed by atoms with Crippen LogP contribution in [-0.4, -0.2) is 46.8 Å². The third kappa shape index (κ3) is 5.79. The number of nitrogens with one attached hydrogen (secondary N) is 1. The molecule has 2 aromatic rings. The molecular weight excluding hydrogens is 476 g/mol. The summed E-state index contributed by atoms with van der Waals surface area (Å²) >= 11 is 1.35. The quantitative estimate of drug-likeness (QED) is 0.334. The first-order valence-electron chi connectivity index (χ1n) is 12.0. The van der Waals surface area contributed by atoms with Crippen LogP contribution in [0.5, 0.6) is 17.2 Å². The van der Waals surface area contributed by atoms with E-state index >= 15 is 0 Å². The number of hydrazone groups is 1. The van der Waals surface area contributed by atoms with Gasteiger partial charge in [-0.1, -0.05) is 19.1 Å². The number of amidine groups is 2. The van der Waals surface area contributed by atoms with Gasteiger partial charge < -0.3 is 14.2 Å². The van der Waals surface area contributed by atoms with Gasteiger partial charge >= 0.3 is 0 Å². The molecule has 1 N–H and O–H groups in total. The molecule has 188 valence electrons. The van der Waals surface area contributed by atoms with Crippen molar-refractivity contribution >= 4 is 39.8 Å². The number of thioether (sulfide) groups is 1. The number of fused-ring (bicyclic) bond motifs is 1. The second-order valence-corrected chi connectivity index (χ2v) is 9.39. The molecule has 2 heterocycles. The fourth-order valence-electron chi connectivity index (χ4n) is 3.63. The lowest BCUT2D eigenvalue weighted by Crippen LogP contribution is -2.35. The summed E-state index contributed by atoms with van der Waals surface area (Å²) < 4.78 is 17.5. The van der Waals surface area contributed by atoms with Crippen LogP contribution in [0.3, 0.4) is 0 Å². The number of benzene rings is 2. The van der Waals surface area contributed by atoms with Crippen molar-refractivity contribution in [2.24, 2.45) is 10.1 Å². The second-order valence-electron chi connectivity index (χ2n) is 8.35. The maximum atomic E-state index is 12.7. The third-order valence-electron chi connectivity index (χ3n) is 5.63. The van der Waals surface area contributed by atoms with E-state index in [4.69, 9.17) is 19.6 Å². The van der Waals surface area contributed by atoms with Crippen molar-refractivity contribution in [2.45, 2.75) is 40.5 Å². The SMILES string of the molecule is CCCC1=NN2C(=N)/C(=C/c3ccc(OCCOc4ccc(C)c(C)c4)c(OCC)c3)C(=O)N=C2S1. The van der Waals surface area contributed by atoms with E-state index in [2.05, 4.69) is 30.9 Å². The average Bonchev–Trinajstić information content (AvgIpc) is 3.25. The predicted octanol–water partition coefficient (Wildman–Crippen LogP) is 5.58. The van der Waals surface area contributed by atoms with Gasteiger partial charge in [0, 0.05) is 0 Å². The molecule has 0 bridgehead atoms. The minimum atomic E-state index is -0.450. The highest BCUT2D eigenvalue weighted by molar-refractivity contribution is 8.26. The second kappa shape index (κ2) is 11.4. The Kier molecular flexibility index (Phi) is 8.10. The van der Waals surface area contributed by atoms with Gasteiger partial charge in [0.2, 0.25) is 5.17 Å². The number of carbonyl (C=O) groups excluding carboxylic acids is 1. The summed E-state index contributed by atoms with van der Waals surface area (Å²) in [5, 5.41) is 15.7. The molecular formula is C27H30N4O4S. The number of ether oxygens (including phenoxy) is 3. The maximum Gasteiger partial charge on any atom is 0.283 e. The highest BCUT2D eigenvalue weighted by Gasteiger charge is 2.35. The van der Waals surface area contributed by atoms with Gasteiger partial charge in [-0.05, 0) is 92.4 Å². The van der Waals surface area contributed by atoms with Crippen LogP contribution >= 0.6 is 11.8 Å². The van der Waals surface area contributed by atoms with E-state index in [-0.39, 0.29) is 11.4 Å². The molecule has 0 unspecified atom stereocenters. The zero-order chi connectivity index (χ0) is 25.7. The molecule has 0 saturated carbocycles. The van der Waals surface area contributed by atoms with Gasteiger partial charge in [-0.2, -0.15) is 15.1 Å². The van der Waals surface area contributed by atoms with Crippen LogP contribution in [0.15, 0.2) is 52.1 Å². The standard InChI is InChI=1S/C27H30N4O4S/c1-5-7-24-30-31-25(28)21(26(32)29-27(31)36-24)15-19-9-11-22(23(16-19)33-6-2)35-13-12-34-20-10-8-17(3)18(4)14-20/h8-11,14-16,28H,5-7,12-13H2,1-4H3/b21-15-,28-25?.